The Morgan fingerprint density at radius 1 is 1.15 bits per heavy atom. The lowest BCUT2D eigenvalue weighted by Crippen LogP contribution is -2.46. The Morgan fingerprint density at radius 2 is 1.85 bits per heavy atom. The number of ether oxygens (including phenoxy) is 1. The summed E-state index contributed by atoms with van der Waals surface area (Å²) in [6.07, 6.45) is 8.25. The molecule has 2 fully saturated rings. The fourth-order valence-electron chi connectivity index (χ4n) is 3.18. The van der Waals surface area contributed by atoms with Crippen molar-refractivity contribution in [3.63, 3.8) is 0 Å². The maximum absolute atomic E-state index is 12.0. The smallest absolute Gasteiger partial charge is 0.234 e. The molecule has 1 saturated heterocycles. The number of hydrogen-bond donors (Lipinski definition) is 2. The van der Waals surface area contributed by atoms with Gasteiger partial charge in [-0.2, -0.15) is 0 Å². The quantitative estimate of drug-likeness (QED) is 0.761. The maximum atomic E-state index is 12.0. The van der Waals surface area contributed by atoms with E-state index in [0.29, 0.717) is 19.2 Å². The summed E-state index contributed by atoms with van der Waals surface area (Å²) in [6.45, 7) is 2.85. The van der Waals surface area contributed by atoms with Crippen LogP contribution in [-0.4, -0.2) is 60.9 Å². The average Bonchev–Trinajstić information content (AvgIpc) is 2.47. The zero-order valence-electron chi connectivity index (χ0n) is 12.4. The van der Waals surface area contributed by atoms with Crippen LogP contribution in [0.1, 0.15) is 44.9 Å². The van der Waals surface area contributed by atoms with E-state index in [-0.39, 0.29) is 18.6 Å². The number of likely N-dealkylation sites (tertiary alicyclic amines) is 1. The summed E-state index contributed by atoms with van der Waals surface area (Å²) in [5, 5.41) is 11.9. The molecular formula is C15H28N2O3. The Balaban J connectivity index is 1.60. The van der Waals surface area contributed by atoms with Gasteiger partial charge >= 0.3 is 0 Å². The third-order valence-electron chi connectivity index (χ3n) is 4.32. The van der Waals surface area contributed by atoms with Gasteiger partial charge in [0.05, 0.1) is 25.9 Å². The van der Waals surface area contributed by atoms with Crippen LogP contribution in [-0.2, 0) is 9.53 Å². The lowest BCUT2D eigenvalue weighted by atomic mass is 9.95. The fourth-order valence-corrected chi connectivity index (χ4v) is 3.18. The van der Waals surface area contributed by atoms with Crippen LogP contribution in [0.3, 0.4) is 0 Å². The first kappa shape index (κ1) is 15.7. The van der Waals surface area contributed by atoms with Gasteiger partial charge < -0.3 is 15.2 Å². The van der Waals surface area contributed by atoms with E-state index in [1.807, 2.05) is 0 Å². The number of rotatable bonds is 6. The SMILES string of the molecule is O=C(CN1CCC(OCCO)CC1)NC1CCCCC1. The third kappa shape index (κ3) is 5.38. The standard InChI is InChI=1S/C15H28N2O3/c18-10-11-20-14-6-8-17(9-7-14)12-15(19)16-13-4-2-1-3-5-13/h13-14,18H,1-12H2,(H,16,19). The van der Waals surface area contributed by atoms with Gasteiger partial charge in [0, 0.05) is 19.1 Å². The predicted octanol–water partition coefficient (Wildman–Crippen LogP) is 0.909. The molecule has 5 nitrogen and oxygen atoms in total. The lowest BCUT2D eigenvalue weighted by Gasteiger charge is -2.32. The van der Waals surface area contributed by atoms with E-state index in [1.54, 1.807) is 0 Å². The van der Waals surface area contributed by atoms with Crippen LogP contribution in [0.4, 0.5) is 0 Å². The van der Waals surface area contributed by atoms with E-state index in [4.69, 9.17) is 9.84 Å². The van der Waals surface area contributed by atoms with Crippen LogP contribution in [0.5, 0.6) is 0 Å². The van der Waals surface area contributed by atoms with Crippen molar-refractivity contribution in [2.24, 2.45) is 0 Å². The number of nitrogens with zero attached hydrogens (tertiary/aromatic N) is 1. The lowest BCUT2D eigenvalue weighted by molar-refractivity contribution is -0.123. The Bertz CT molecular complexity index is 285. The molecule has 0 bridgehead atoms. The van der Waals surface area contributed by atoms with E-state index in [9.17, 15) is 4.79 Å². The van der Waals surface area contributed by atoms with Crippen LogP contribution in [0, 0.1) is 0 Å². The number of carbonyl (C=O) groups is 1. The van der Waals surface area contributed by atoms with Gasteiger partial charge in [0.2, 0.25) is 5.91 Å². The minimum Gasteiger partial charge on any atom is -0.394 e. The van der Waals surface area contributed by atoms with E-state index in [2.05, 4.69) is 10.2 Å². The van der Waals surface area contributed by atoms with Gasteiger partial charge in [-0.3, -0.25) is 9.69 Å². The van der Waals surface area contributed by atoms with E-state index in [0.717, 1.165) is 38.8 Å². The molecule has 0 aromatic rings. The van der Waals surface area contributed by atoms with Crippen molar-refractivity contribution in [1.29, 1.82) is 0 Å². The minimum absolute atomic E-state index is 0.0873. The molecule has 116 valence electrons. The van der Waals surface area contributed by atoms with Crippen molar-refractivity contribution in [2.75, 3.05) is 32.8 Å². The maximum Gasteiger partial charge on any atom is 0.234 e. The van der Waals surface area contributed by atoms with Crippen molar-refractivity contribution < 1.29 is 14.6 Å². The molecule has 5 heteroatoms. The Kier molecular flexibility index (Phi) is 6.76. The monoisotopic (exact) mass is 284 g/mol. The first-order valence-electron chi connectivity index (χ1n) is 8.02. The Labute approximate surface area is 121 Å². The zero-order valence-corrected chi connectivity index (χ0v) is 12.4. The van der Waals surface area contributed by atoms with E-state index >= 15 is 0 Å². The van der Waals surface area contributed by atoms with Gasteiger partial charge in [0.25, 0.3) is 0 Å². The third-order valence-corrected chi connectivity index (χ3v) is 4.32. The van der Waals surface area contributed by atoms with Crippen LogP contribution < -0.4 is 5.32 Å². The Morgan fingerprint density at radius 3 is 2.50 bits per heavy atom. The zero-order chi connectivity index (χ0) is 14.2. The fraction of sp³-hybridized carbons (Fsp3) is 0.933. The molecule has 1 saturated carbocycles. The number of aliphatic hydroxyl groups excluding tert-OH is 1. The highest BCUT2D eigenvalue weighted by Crippen LogP contribution is 2.17. The van der Waals surface area contributed by atoms with Crippen LogP contribution in [0.2, 0.25) is 0 Å². The molecule has 20 heavy (non-hydrogen) atoms. The van der Waals surface area contributed by atoms with Crippen molar-refractivity contribution in [3.05, 3.63) is 0 Å². The normalized spacial score (nSPS) is 22.9. The summed E-state index contributed by atoms with van der Waals surface area (Å²) < 4.78 is 5.53. The molecule has 0 aromatic heterocycles. The summed E-state index contributed by atoms with van der Waals surface area (Å²) >= 11 is 0. The number of piperidine rings is 1. The molecule has 0 spiro atoms. The average molecular weight is 284 g/mol. The van der Waals surface area contributed by atoms with Gasteiger partial charge in [-0.15, -0.1) is 0 Å². The second-order valence-electron chi connectivity index (χ2n) is 5.97. The summed E-state index contributed by atoms with van der Waals surface area (Å²) in [4.78, 5) is 14.2. The Hall–Kier alpha value is -0.650. The van der Waals surface area contributed by atoms with Gasteiger partial charge in [-0.1, -0.05) is 19.3 Å². The van der Waals surface area contributed by atoms with E-state index in [1.165, 1.54) is 19.3 Å². The molecule has 1 aliphatic heterocycles. The minimum atomic E-state index is 0.0873. The number of aliphatic hydroxyl groups is 1. The van der Waals surface area contributed by atoms with Gasteiger partial charge in [0.15, 0.2) is 0 Å². The number of carbonyl (C=O) groups excluding carboxylic acids is 1. The van der Waals surface area contributed by atoms with Crippen molar-refractivity contribution in [1.82, 2.24) is 10.2 Å². The molecular weight excluding hydrogens is 256 g/mol. The van der Waals surface area contributed by atoms with Crippen LogP contribution in [0.25, 0.3) is 0 Å². The predicted molar refractivity (Wildman–Crippen MR) is 77.5 cm³/mol. The summed E-state index contributed by atoms with van der Waals surface area (Å²) in [6, 6.07) is 0.404. The summed E-state index contributed by atoms with van der Waals surface area (Å²) in [5.41, 5.74) is 0. The highest BCUT2D eigenvalue weighted by atomic mass is 16.5. The van der Waals surface area contributed by atoms with Crippen molar-refractivity contribution in [3.8, 4) is 0 Å². The highest BCUT2D eigenvalue weighted by molar-refractivity contribution is 5.78. The highest BCUT2D eigenvalue weighted by Gasteiger charge is 2.22. The number of hydrogen-bond acceptors (Lipinski definition) is 4. The second kappa shape index (κ2) is 8.60. The van der Waals surface area contributed by atoms with Gasteiger partial charge in [-0.05, 0) is 25.7 Å². The molecule has 1 amide bonds. The number of amides is 1. The first-order chi connectivity index (χ1) is 9.78. The number of nitrogens with one attached hydrogen (secondary N) is 1. The molecule has 1 aliphatic carbocycles. The molecule has 0 atom stereocenters. The topological polar surface area (TPSA) is 61.8 Å². The molecule has 2 aliphatic rings. The molecule has 0 radical (unpaired) electrons. The van der Waals surface area contributed by atoms with Crippen LogP contribution >= 0.6 is 0 Å². The summed E-state index contributed by atoms with van der Waals surface area (Å²) in [7, 11) is 0. The molecule has 0 aromatic carbocycles. The van der Waals surface area contributed by atoms with Crippen LogP contribution in [0.15, 0.2) is 0 Å². The van der Waals surface area contributed by atoms with Crippen molar-refractivity contribution in [2.45, 2.75) is 57.1 Å². The molecule has 0 unspecified atom stereocenters. The molecule has 2 N–H and O–H groups in total. The first-order valence-corrected chi connectivity index (χ1v) is 8.02. The van der Waals surface area contributed by atoms with Gasteiger partial charge in [0.1, 0.15) is 0 Å². The molecule has 2 rings (SSSR count). The van der Waals surface area contributed by atoms with E-state index < -0.39 is 0 Å². The largest absolute Gasteiger partial charge is 0.394 e. The van der Waals surface area contributed by atoms with Crippen molar-refractivity contribution >= 4 is 5.91 Å². The second-order valence-corrected chi connectivity index (χ2v) is 5.97. The molecule has 1 heterocycles. The van der Waals surface area contributed by atoms with Gasteiger partial charge in [-0.25, -0.2) is 0 Å². The summed E-state index contributed by atoms with van der Waals surface area (Å²) in [5.74, 6) is 0.173.